The van der Waals surface area contributed by atoms with E-state index >= 15 is 0 Å². The van der Waals surface area contributed by atoms with Gasteiger partial charge in [0, 0.05) is 48.7 Å². The molecule has 0 radical (unpaired) electrons. The zero-order valence-corrected chi connectivity index (χ0v) is 13.6. The molecule has 4 rings (SSSR count). The SMILES string of the molecule is OC[C@H]1CCC[C@@H](n2ccnc2-c2ccc(-n3ccnc3)cc2)C1. The van der Waals surface area contributed by atoms with Gasteiger partial charge in [0.2, 0.25) is 0 Å². The molecular formula is C19H22N4O. The first-order valence-corrected chi connectivity index (χ1v) is 8.57. The Morgan fingerprint density at radius 1 is 1.08 bits per heavy atom. The average molecular weight is 322 g/mol. The summed E-state index contributed by atoms with van der Waals surface area (Å²) < 4.78 is 4.28. The molecule has 2 aromatic heterocycles. The van der Waals surface area contributed by atoms with Gasteiger partial charge >= 0.3 is 0 Å². The summed E-state index contributed by atoms with van der Waals surface area (Å²) in [5, 5.41) is 9.48. The predicted octanol–water partition coefficient (Wildman–Crippen LogP) is 3.46. The van der Waals surface area contributed by atoms with Crippen molar-refractivity contribution >= 4 is 0 Å². The first kappa shape index (κ1) is 15.1. The van der Waals surface area contributed by atoms with Crippen molar-refractivity contribution < 1.29 is 5.11 Å². The van der Waals surface area contributed by atoms with E-state index in [4.69, 9.17) is 0 Å². The third kappa shape index (κ3) is 2.87. The van der Waals surface area contributed by atoms with Crippen molar-refractivity contribution in [2.75, 3.05) is 6.61 Å². The maximum absolute atomic E-state index is 9.48. The number of hydrogen-bond donors (Lipinski definition) is 1. The van der Waals surface area contributed by atoms with Gasteiger partial charge in [-0.2, -0.15) is 0 Å². The van der Waals surface area contributed by atoms with Gasteiger partial charge in [0.25, 0.3) is 0 Å². The Bertz CT molecular complexity index is 776. The lowest BCUT2D eigenvalue weighted by Crippen LogP contribution is -2.21. The summed E-state index contributed by atoms with van der Waals surface area (Å²) in [5.41, 5.74) is 2.21. The van der Waals surface area contributed by atoms with Crippen molar-refractivity contribution in [2.24, 2.45) is 5.92 Å². The highest BCUT2D eigenvalue weighted by Crippen LogP contribution is 2.35. The monoisotopic (exact) mass is 322 g/mol. The fourth-order valence-electron chi connectivity index (χ4n) is 3.71. The fraction of sp³-hybridized carbons (Fsp3) is 0.368. The Labute approximate surface area is 141 Å². The van der Waals surface area contributed by atoms with E-state index in [-0.39, 0.29) is 0 Å². The van der Waals surface area contributed by atoms with Crippen LogP contribution in [0.4, 0.5) is 0 Å². The molecule has 0 spiro atoms. The Balaban J connectivity index is 1.60. The van der Waals surface area contributed by atoms with Crippen LogP contribution in [0, 0.1) is 5.92 Å². The van der Waals surface area contributed by atoms with Crippen LogP contribution in [0.3, 0.4) is 0 Å². The van der Waals surface area contributed by atoms with Crippen LogP contribution in [-0.4, -0.2) is 30.8 Å². The Morgan fingerprint density at radius 3 is 2.71 bits per heavy atom. The van der Waals surface area contributed by atoms with E-state index in [1.54, 1.807) is 12.5 Å². The van der Waals surface area contributed by atoms with E-state index in [2.05, 4.69) is 45.0 Å². The molecule has 5 nitrogen and oxygen atoms in total. The van der Waals surface area contributed by atoms with E-state index < -0.39 is 0 Å². The van der Waals surface area contributed by atoms with Crippen LogP contribution in [0.5, 0.6) is 0 Å². The van der Waals surface area contributed by atoms with E-state index in [0.29, 0.717) is 18.6 Å². The highest BCUT2D eigenvalue weighted by atomic mass is 16.3. The molecule has 0 bridgehead atoms. The van der Waals surface area contributed by atoms with Gasteiger partial charge in [-0.25, -0.2) is 9.97 Å². The normalized spacial score (nSPS) is 21.0. The van der Waals surface area contributed by atoms with Gasteiger partial charge in [-0.1, -0.05) is 6.42 Å². The molecule has 5 heteroatoms. The summed E-state index contributed by atoms with van der Waals surface area (Å²) in [7, 11) is 0. The van der Waals surface area contributed by atoms with Crippen LogP contribution in [0.25, 0.3) is 17.1 Å². The second-order valence-electron chi connectivity index (χ2n) is 6.54. The van der Waals surface area contributed by atoms with Crippen LogP contribution < -0.4 is 0 Å². The molecule has 0 aliphatic heterocycles. The number of benzene rings is 1. The molecule has 1 aromatic carbocycles. The molecule has 24 heavy (non-hydrogen) atoms. The second-order valence-corrected chi connectivity index (χ2v) is 6.54. The van der Waals surface area contributed by atoms with Crippen LogP contribution in [0.2, 0.25) is 0 Å². The molecule has 2 atom stereocenters. The molecule has 1 saturated carbocycles. The summed E-state index contributed by atoms with van der Waals surface area (Å²) >= 11 is 0. The summed E-state index contributed by atoms with van der Waals surface area (Å²) in [4.78, 5) is 8.67. The molecule has 0 unspecified atom stereocenters. The van der Waals surface area contributed by atoms with Crippen molar-refractivity contribution in [3.05, 3.63) is 55.4 Å². The van der Waals surface area contributed by atoms with Gasteiger partial charge in [0.15, 0.2) is 0 Å². The zero-order valence-electron chi connectivity index (χ0n) is 13.6. The van der Waals surface area contributed by atoms with Crippen LogP contribution in [-0.2, 0) is 0 Å². The Kier molecular flexibility index (Phi) is 4.17. The van der Waals surface area contributed by atoms with Crippen molar-refractivity contribution in [1.82, 2.24) is 19.1 Å². The molecule has 1 fully saturated rings. The third-order valence-electron chi connectivity index (χ3n) is 5.00. The minimum atomic E-state index is 0.292. The lowest BCUT2D eigenvalue weighted by Gasteiger charge is -2.30. The van der Waals surface area contributed by atoms with Gasteiger partial charge in [0.1, 0.15) is 5.82 Å². The van der Waals surface area contributed by atoms with E-state index in [9.17, 15) is 5.11 Å². The third-order valence-corrected chi connectivity index (χ3v) is 5.00. The summed E-state index contributed by atoms with van der Waals surface area (Å²) in [5.74, 6) is 1.43. The highest BCUT2D eigenvalue weighted by Gasteiger charge is 2.24. The number of nitrogens with zero attached hydrogens (tertiary/aromatic N) is 4. The zero-order chi connectivity index (χ0) is 16.4. The van der Waals surface area contributed by atoms with Gasteiger partial charge < -0.3 is 14.2 Å². The summed E-state index contributed by atoms with van der Waals surface area (Å²) in [6, 6.07) is 8.84. The number of imidazole rings is 2. The van der Waals surface area contributed by atoms with Gasteiger partial charge in [-0.3, -0.25) is 0 Å². The largest absolute Gasteiger partial charge is 0.396 e. The van der Waals surface area contributed by atoms with Crippen molar-refractivity contribution in [3.63, 3.8) is 0 Å². The van der Waals surface area contributed by atoms with Gasteiger partial charge in [-0.15, -0.1) is 0 Å². The van der Waals surface area contributed by atoms with E-state index in [1.807, 2.05) is 17.0 Å². The molecule has 1 aliphatic carbocycles. The van der Waals surface area contributed by atoms with E-state index in [0.717, 1.165) is 36.3 Å². The highest BCUT2D eigenvalue weighted by molar-refractivity contribution is 5.58. The van der Waals surface area contributed by atoms with Crippen molar-refractivity contribution in [2.45, 2.75) is 31.7 Å². The number of aliphatic hydroxyl groups excluding tert-OH is 1. The fourth-order valence-corrected chi connectivity index (χ4v) is 3.71. The van der Waals surface area contributed by atoms with Crippen LogP contribution in [0.1, 0.15) is 31.7 Å². The number of hydrogen-bond acceptors (Lipinski definition) is 3. The second kappa shape index (κ2) is 6.61. The summed E-state index contributed by atoms with van der Waals surface area (Å²) in [6.45, 7) is 0.292. The topological polar surface area (TPSA) is 55.9 Å². The summed E-state index contributed by atoms with van der Waals surface area (Å²) in [6.07, 6.45) is 14.0. The molecule has 3 aromatic rings. The van der Waals surface area contributed by atoms with Crippen molar-refractivity contribution in [3.8, 4) is 17.1 Å². The molecule has 1 aliphatic rings. The predicted molar refractivity (Wildman–Crippen MR) is 92.9 cm³/mol. The Hall–Kier alpha value is -2.40. The quantitative estimate of drug-likeness (QED) is 0.800. The van der Waals surface area contributed by atoms with Crippen LogP contribution in [0.15, 0.2) is 55.4 Å². The molecule has 124 valence electrons. The molecule has 0 saturated heterocycles. The first-order valence-electron chi connectivity index (χ1n) is 8.57. The number of rotatable bonds is 4. The molecular weight excluding hydrogens is 300 g/mol. The number of aromatic nitrogens is 4. The maximum Gasteiger partial charge on any atom is 0.140 e. The standard InChI is InChI=1S/C19H22N4O/c24-13-15-2-1-3-18(12-15)23-11-9-21-19(23)16-4-6-17(7-5-16)22-10-8-20-14-22/h4-11,14-15,18,24H,1-3,12-13H2/t15-,18+/m0/s1. The lowest BCUT2D eigenvalue weighted by atomic mass is 9.86. The smallest absolute Gasteiger partial charge is 0.140 e. The minimum absolute atomic E-state index is 0.292. The van der Waals surface area contributed by atoms with E-state index in [1.165, 1.54) is 6.42 Å². The first-order chi connectivity index (χ1) is 11.8. The Morgan fingerprint density at radius 2 is 1.96 bits per heavy atom. The van der Waals surface area contributed by atoms with Crippen molar-refractivity contribution in [1.29, 1.82) is 0 Å². The minimum Gasteiger partial charge on any atom is -0.396 e. The lowest BCUT2D eigenvalue weighted by molar-refractivity contribution is 0.163. The van der Waals surface area contributed by atoms with Crippen LogP contribution >= 0.6 is 0 Å². The van der Waals surface area contributed by atoms with Gasteiger partial charge in [-0.05, 0) is 49.4 Å². The van der Waals surface area contributed by atoms with Gasteiger partial charge in [0.05, 0.1) is 6.33 Å². The average Bonchev–Trinajstić information content (AvgIpc) is 3.33. The molecule has 0 amide bonds. The molecule has 2 heterocycles. The molecule has 1 N–H and O–H groups in total. The maximum atomic E-state index is 9.48. The number of aliphatic hydroxyl groups is 1.